The Labute approximate surface area is 141 Å². The van der Waals surface area contributed by atoms with Gasteiger partial charge in [-0.05, 0) is 32.3 Å². The van der Waals surface area contributed by atoms with Gasteiger partial charge in [-0.25, -0.2) is 9.78 Å². The molecule has 2 aromatic rings. The Kier molecular flexibility index (Phi) is 4.51. The number of ether oxygens (including phenoxy) is 1. The lowest BCUT2D eigenvalue weighted by Gasteiger charge is -2.38. The molecule has 0 radical (unpaired) electrons. The Balaban J connectivity index is 1.73. The maximum Gasteiger partial charge on any atom is 0.356 e. The fourth-order valence-corrected chi connectivity index (χ4v) is 3.14. The Morgan fingerprint density at radius 2 is 2.00 bits per heavy atom. The van der Waals surface area contributed by atoms with Crippen LogP contribution in [0, 0.1) is 5.41 Å². The molecule has 1 fully saturated rings. The highest BCUT2D eigenvalue weighted by Gasteiger charge is 2.43. The van der Waals surface area contributed by atoms with Crippen LogP contribution in [0.4, 0.5) is 0 Å². The summed E-state index contributed by atoms with van der Waals surface area (Å²) in [7, 11) is 0. The number of hydrogen-bond acceptors (Lipinski definition) is 4. The number of esters is 1. The van der Waals surface area contributed by atoms with Gasteiger partial charge in [-0.2, -0.15) is 0 Å². The molecule has 0 spiro atoms. The van der Waals surface area contributed by atoms with Gasteiger partial charge in [-0.15, -0.1) is 0 Å². The summed E-state index contributed by atoms with van der Waals surface area (Å²) in [5.41, 5.74) is 1.03. The van der Waals surface area contributed by atoms with Crippen molar-refractivity contribution in [3.05, 3.63) is 54.1 Å². The Morgan fingerprint density at radius 3 is 2.58 bits per heavy atom. The van der Waals surface area contributed by atoms with E-state index in [4.69, 9.17) is 4.74 Å². The molecule has 5 nitrogen and oxygen atoms in total. The van der Waals surface area contributed by atoms with E-state index in [1.54, 1.807) is 17.8 Å². The van der Waals surface area contributed by atoms with Crippen molar-refractivity contribution in [3.8, 4) is 0 Å². The quantitative estimate of drug-likeness (QED) is 0.763. The van der Waals surface area contributed by atoms with Crippen LogP contribution in [-0.2, 0) is 9.53 Å². The molecule has 24 heavy (non-hydrogen) atoms. The first-order chi connectivity index (χ1) is 11.5. The molecule has 5 heteroatoms. The van der Waals surface area contributed by atoms with Crippen molar-refractivity contribution < 1.29 is 14.3 Å². The topological polar surface area (TPSA) is 61.2 Å². The summed E-state index contributed by atoms with van der Waals surface area (Å²) in [6, 6.07) is 9.89. The van der Waals surface area contributed by atoms with E-state index in [0.29, 0.717) is 5.69 Å². The van der Waals surface area contributed by atoms with E-state index in [1.165, 1.54) is 6.20 Å². The number of benzene rings is 1. The van der Waals surface area contributed by atoms with E-state index in [1.807, 2.05) is 37.3 Å². The average molecular weight is 326 g/mol. The summed E-state index contributed by atoms with van der Waals surface area (Å²) in [6.45, 7) is 3.75. The molecule has 3 rings (SSSR count). The van der Waals surface area contributed by atoms with Crippen molar-refractivity contribution in [2.24, 2.45) is 5.41 Å². The van der Waals surface area contributed by atoms with Crippen LogP contribution in [-0.4, -0.2) is 27.9 Å². The molecule has 1 unspecified atom stereocenters. The number of nitrogens with zero attached hydrogens (tertiary/aromatic N) is 2. The molecule has 1 aromatic heterocycles. The second-order valence-electron chi connectivity index (χ2n) is 6.54. The van der Waals surface area contributed by atoms with Crippen molar-refractivity contribution in [2.75, 3.05) is 6.61 Å². The second-order valence-corrected chi connectivity index (χ2v) is 6.54. The van der Waals surface area contributed by atoms with E-state index in [0.717, 1.165) is 24.8 Å². The van der Waals surface area contributed by atoms with Crippen LogP contribution in [0.5, 0.6) is 0 Å². The number of rotatable bonds is 6. The first-order valence-electron chi connectivity index (χ1n) is 8.28. The normalized spacial score (nSPS) is 16.9. The fraction of sp³-hybridized carbons (Fsp3) is 0.421. The van der Waals surface area contributed by atoms with Crippen LogP contribution in [0.1, 0.15) is 55.2 Å². The predicted octanol–water partition coefficient (Wildman–Crippen LogP) is 3.41. The number of aromatic nitrogens is 2. The highest BCUT2D eigenvalue weighted by atomic mass is 16.5. The zero-order valence-corrected chi connectivity index (χ0v) is 14.1. The Morgan fingerprint density at radius 1 is 1.29 bits per heavy atom. The summed E-state index contributed by atoms with van der Waals surface area (Å²) >= 11 is 0. The molecule has 1 aromatic carbocycles. The molecular formula is C19H22N2O3. The lowest BCUT2D eigenvalue weighted by molar-refractivity contribution is -0.134. The minimum absolute atomic E-state index is 0.0262. The maximum absolute atomic E-state index is 12.5. The molecule has 1 atom stereocenters. The van der Waals surface area contributed by atoms with Gasteiger partial charge in [0.2, 0.25) is 0 Å². The average Bonchev–Trinajstić information content (AvgIpc) is 3.03. The van der Waals surface area contributed by atoms with Crippen molar-refractivity contribution in [1.29, 1.82) is 0 Å². The van der Waals surface area contributed by atoms with Gasteiger partial charge >= 0.3 is 5.97 Å². The summed E-state index contributed by atoms with van der Waals surface area (Å²) < 4.78 is 7.27. The lowest BCUT2D eigenvalue weighted by atomic mass is 9.67. The van der Waals surface area contributed by atoms with E-state index in [2.05, 4.69) is 4.98 Å². The second kappa shape index (κ2) is 6.59. The summed E-state index contributed by atoms with van der Waals surface area (Å²) in [6.07, 6.45) is 5.77. The van der Waals surface area contributed by atoms with Crippen molar-refractivity contribution in [1.82, 2.24) is 9.55 Å². The number of Topliss-reactive ketones (excluding diaryl/α,β-unsaturated/α-hetero) is 1. The molecule has 1 heterocycles. The predicted molar refractivity (Wildman–Crippen MR) is 89.7 cm³/mol. The third kappa shape index (κ3) is 2.98. The number of hydrogen-bond donors (Lipinski definition) is 0. The monoisotopic (exact) mass is 326 g/mol. The summed E-state index contributed by atoms with van der Waals surface area (Å²) in [5.74, 6) is -0.324. The van der Waals surface area contributed by atoms with Gasteiger partial charge in [0.05, 0.1) is 24.0 Å². The van der Waals surface area contributed by atoms with Gasteiger partial charge in [0.1, 0.15) is 18.1 Å². The van der Waals surface area contributed by atoms with Crippen LogP contribution in [0.15, 0.2) is 42.9 Å². The Hall–Kier alpha value is -2.43. The van der Waals surface area contributed by atoms with Crippen LogP contribution < -0.4 is 0 Å². The van der Waals surface area contributed by atoms with E-state index >= 15 is 0 Å². The van der Waals surface area contributed by atoms with Crippen LogP contribution >= 0.6 is 0 Å². The van der Waals surface area contributed by atoms with Crippen molar-refractivity contribution in [2.45, 2.75) is 39.2 Å². The zero-order valence-electron chi connectivity index (χ0n) is 14.1. The summed E-state index contributed by atoms with van der Waals surface area (Å²) in [4.78, 5) is 28.4. The van der Waals surface area contributed by atoms with Gasteiger partial charge in [0.15, 0.2) is 0 Å². The Bertz CT molecular complexity index is 732. The highest BCUT2D eigenvalue weighted by Crippen LogP contribution is 2.42. The number of imidazole rings is 1. The third-order valence-electron chi connectivity index (χ3n) is 5.11. The van der Waals surface area contributed by atoms with Gasteiger partial charge in [0.25, 0.3) is 0 Å². The molecule has 0 saturated heterocycles. The van der Waals surface area contributed by atoms with E-state index in [9.17, 15) is 9.59 Å². The highest BCUT2D eigenvalue weighted by molar-refractivity contribution is 5.88. The standard InChI is InChI=1S/C19H22N2O3/c1-14(16-7-4-3-5-8-16)21-13-20-11-17(21)18(23)24-12-19(15(2)22)9-6-10-19/h3-5,7-8,11,13-14H,6,9-10,12H2,1-2H3. The SMILES string of the molecule is CC(=O)C1(COC(=O)c2cncn2C(C)c2ccccc2)CCC1. The molecule has 1 saturated carbocycles. The molecule has 0 amide bonds. The number of carbonyl (C=O) groups is 2. The van der Waals surface area contributed by atoms with Crippen molar-refractivity contribution in [3.63, 3.8) is 0 Å². The first kappa shape index (κ1) is 16.4. The number of carbonyl (C=O) groups excluding carboxylic acids is 2. The summed E-state index contributed by atoms with van der Waals surface area (Å²) in [5, 5.41) is 0. The molecular weight excluding hydrogens is 304 g/mol. The molecule has 126 valence electrons. The minimum Gasteiger partial charge on any atom is -0.460 e. The zero-order chi connectivity index (χ0) is 17.2. The van der Waals surface area contributed by atoms with Crippen LogP contribution in [0.3, 0.4) is 0 Å². The largest absolute Gasteiger partial charge is 0.460 e. The molecule has 0 aliphatic heterocycles. The van der Waals surface area contributed by atoms with Crippen LogP contribution in [0.2, 0.25) is 0 Å². The van der Waals surface area contributed by atoms with Crippen LogP contribution in [0.25, 0.3) is 0 Å². The molecule has 1 aliphatic carbocycles. The van der Waals surface area contributed by atoms with Gasteiger partial charge in [-0.3, -0.25) is 4.79 Å². The maximum atomic E-state index is 12.5. The van der Waals surface area contributed by atoms with Crippen molar-refractivity contribution >= 4 is 11.8 Å². The van der Waals surface area contributed by atoms with E-state index < -0.39 is 11.4 Å². The smallest absolute Gasteiger partial charge is 0.356 e. The fourth-order valence-electron chi connectivity index (χ4n) is 3.14. The van der Waals surface area contributed by atoms with Gasteiger partial charge in [-0.1, -0.05) is 36.8 Å². The molecule has 0 N–H and O–H groups in total. The number of ketones is 1. The lowest BCUT2D eigenvalue weighted by Crippen LogP contribution is -2.41. The molecule has 0 bridgehead atoms. The molecule has 1 aliphatic rings. The van der Waals surface area contributed by atoms with Gasteiger partial charge in [0, 0.05) is 0 Å². The minimum atomic E-state index is -0.467. The third-order valence-corrected chi connectivity index (χ3v) is 5.11. The van der Waals surface area contributed by atoms with Gasteiger partial charge < -0.3 is 9.30 Å². The van der Waals surface area contributed by atoms with E-state index in [-0.39, 0.29) is 18.4 Å². The first-order valence-corrected chi connectivity index (χ1v) is 8.28.